The van der Waals surface area contributed by atoms with Gasteiger partial charge in [-0.15, -0.1) is 24.8 Å². The number of amides is 1. The molecule has 0 aliphatic carbocycles. The van der Waals surface area contributed by atoms with Crippen LogP contribution in [-0.4, -0.2) is 46.9 Å². The van der Waals surface area contributed by atoms with Crippen molar-refractivity contribution in [2.75, 3.05) is 20.1 Å². The van der Waals surface area contributed by atoms with E-state index in [1.165, 1.54) is 50.1 Å². The number of carbonyl (C=O) groups is 1. The number of hydrogen-bond acceptors (Lipinski definition) is 3. The monoisotopic (exact) mass is 617 g/mol. The summed E-state index contributed by atoms with van der Waals surface area (Å²) in [5, 5.41) is 0. The quantitative estimate of drug-likeness (QED) is 0.217. The molecule has 2 heterocycles. The number of likely N-dealkylation sites (tertiary alicyclic amines) is 1. The fraction of sp³-hybridized carbons (Fsp3) is 0.351. The van der Waals surface area contributed by atoms with Crippen LogP contribution in [0.4, 0.5) is 0 Å². The highest BCUT2D eigenvalue weighted by Crippen LogP contribution is 2.28. The van der Waals surface area contributed by atoms with Crippen molar-refractivity contribution in [3.05, 3.63) is 111 Å². The normalized spacial score (nSPS) is 13.7. The van der Waals surface area contributed by atoms with E-state index in [4.69, 9.17) is 0 Å². The Morgan fingerprint density at radius 2 is 1.33 bits per heavy atom. The van der Waals surface area contributed by atoms with Crippen molar-refractivity contribution in [2.24, 2.45) is 0 Å². The van der Waals surface area contributed by atoms with Crippen LogP contribution in [-0.2, 0) is 6.54 Å². The van der Waals surface area contributed by atoms with Gasteiger partial charge in [0.1, 0.15) is 0 Å². The Labute approximate surface area is 270 Å². The molecule has 0 saturated carbocycles. The van der Waals surface area contributed by atoms with Crippen molar-refractivity contribution in [3.63, 3.8) is 0 Å². The molecule has 0 radical (unpaired) electrons. The Balaban J connectivity index is 0.00000253. The van der Waals surface area contributed by atoms with E-state index < -0.39 is 0 Å². The molecule has 1 aliphatic rings. The third kappa shape index (κ3) is 7.67. The first-order chi connectivity index (χ1) is 19.6. The molecule has 0 N–H and O–H groups in total. The average Bonchev–Trinajstić information content (AvgIpc) is 2.98. The van der Waals surface area contributed by atoms with Crippen molar-refractivity contribution in [1.82, 2.24) is 14.8 Å². The molecule has 5 rings (SSSR count). The number of aromatic nitrogens is 1. The highest BCUT2D eigenvalue weighted by molar-refractivity contribution is 5.95. The summed E-state index contributed by atoms with van der Waals surface area (Å²) < 4.78 is 0. The van der Waals surface area contributed by atoms with E-state index in [-0.39, 0.29) is 36.8 Å². The molecule has 1 saturated heterocycles. The SMILES string of the molecule is Cc1cc(-c2cccc(C(=O)N(C)C3CCN(Cc4ccnc(-c5cc(C)c(C)c(C)c5)c4)CC3)c2)cc(C)c1C.Cl.Cl. The zero-order valence-corrected chi connectivity index (χ0v) is 28.2. The minimum Gasteiger partial charge on any atom is -0.339 e. The maximum atomic E-state index is 13.5. The third-order valence-electron chi connectivity index (χ3n) is 9.25. The van der Waals surface area contributed by atoms with Gasteiger partial charge in [-0.3, -0.25) is 14.7 Å². The van der Waals surface area contributed by atoms with Crippen LogP contribution in [0.15, 0.2) is 66.9 Å². The average molecular weight is 619 g/mol. The minimum absolute atomic E-state index is 0. The molecule has 0 atom stereocenters. The maximum absolute atomic E-state index is 13.5. The Morgan fingerprint density at radius 1 is 0.767 bits per heavy atom. The lowest BCUT2D eigenvalue weighted by atomic mass is 9.95. The summed E-state index contributed by atoms with van der Waals surface area (Å²) >= 11 is 0. The topological polar surface area (TPSA) is 36.4 Å². The number of nitrogens with zero attached hydrogens (tertiary/aromatic N) is 3. The highest BCUT2D eigenvalue weighted by Gasteiger charge is 2.26. The molecule has 1 fully saturated rings. The van der Waals surface area contributed by atoms with Crippen LogP contribution in [0, 0.1) is 41.5 Å². The van der Waals surface area contributed by atoms with Gasteiger partial charge in [-0.2, -0.15) is 0 Å². The standard InChI is InChI=1S/C37H43N3O.2ClH/c1-24-17-33(18-25(2)28(24)5)31-9-8-10-32(22-31)37(41)39(7)35-12-15-40(16-13-35)23-30-11-14-38-36(21-30)34-19-26(3)29(6)27(4)20-34;;/h8-11,14,17-22,35H,12-13,15-16,23H2,1-7H3;2*1H. The van der Waals surface area contributed by atoms with Crippen LogP contribution in [0.5, 0.6) is 0 Å². The van der Waals surface area contributed by atoms with E-state index in [9.17, 15) is 4.79 Å². The molecular formula is C37H45Cl2N3O. The van der Waals surface area contributed by atoms with Crippen LogP contribution in [0.1, 0.15) is 62.1 Å². The van der Waals surface area contributed by atoms with E-state index in [1.54, 1.807) is 0 Å². The number of piperidine rings is 1. The number of benzene rings is 3. The number of hydrogen-bond donors (Lipinski definition) is 0. The summed E-state index contributed by atoms with van der Waals surface area (Å²) in [5.74, 6) is 0.105. The van der Waals surface area contributed by atoms with E-state index in [2.05, 4.69) is 100.0 Å². The second kappa shape index (κ2) is 14.5. The van der Waals surface area contributed by atoms with E-state index in [0.717, 1.165) is 49.3 Å². The molecule has 4 nitrogen and oxygen atoms in total. The van der Waals surface area contributed by atoms with Crippen molar-refractivity contribution < 1.29 is 4.79 Å². The smallest absolute Gasteiger partial charge is 0.253 e. The summed E-state index contributed by atoms with van der Waals surface area (Å²) in [4.78, 5) is 22.7. The van der Waals surface area contributed by atoms with Crippen LogP contribution in [0.2, 0.25) is 0 Å². The van der Waals surface area contributed by atoms with Crippen molar-refractivity contribution >= 4 is 30.7 Å². The summed E-state index contributed by atoms with van der Waals surface area (Å²) in [6, 6.07) is 21.6. The van der Waals surface area contributed by atoms with Gasteiger partial charge < -0.3 is 4.90 Å². The Hall–Kier alpha value is -3.18. The number of halogens is 2. The van der Waals surface area contributed by atoms with Gasteiger partial charge in [0.05, 0.1) is 5.69 Å². The van der Waals surface area contributed by atoms with Gasteiger partial charge in [0.15, 0.2) is 0 Å². The van der Waals surface area contributed by atoms with E-state index >= 15 is 0 Å². The van der Waals surface area contributed by atoms with Gasteiger partial charge in [-0.05, 0) is 141 Å². The number of aryl methyl sites for hydroxylation is 4. The summed E-state index contributed by atoms with van der Waals surface area (Å²) in [7, 11) is 1.97. The molecule has 0 bridgehead atoms. The number of pyridine rings is 1. The van der Waals surface area contributed by atoms with Gasteiger partial charge in [-0.1, -0.05) is 24.3 Å². The number of carbonyl (C=O) groups excluding carboxylic acids is 1. The Kier molecular flexibility index (Phi) is 11.6. The van der Waals surface area contributed by atoms with Crippen molar-refractivity contribution in [2.45, 2.75) is 67.0 Å². The van der Waals surface area contributed by atoms with E-state index in [1.807, 2.05) is 30.3 Å². The first-order valence-electron chi connectivity index (χ1n) is 14.8. The van der Waals surface area contributed by atoms with Gasteiger partial charge in [0.25, 0.3) is 5.91 Å². The number of rotatable bonds is 6. The fourth-order valence-electron chi connectivity index (χ4n) is 6.04. The Morgan fingerprint density at radius 3 is 1.91 bits per heavy atom. The molecule has 4 aromatic rings. The van der Waals surface area contributed by atoms with Crippen LogP contribution in [0.3, 0.4) is 0 Å². The molecule has 0 spiro atoms. The predicted molar refractivity (Wildman–Crippen MR) is 185 cm³/mol. The van der Waals surface area contributed by atoms with Gasteiger partial charge in [0.2, 0.25) is 0 Å². The molecule has 6 heteroatoms. The first kappa shape index (κ1) is 34.3. The first-order valence-corrected chi connectivity index (χ1v) is 14.8. The van der Waals surface area contributed by atoms with Gasteiger partial charge in [0, 0.05) is 50.0 Å². The fourth-order valence-corrected chi connectivity index (χ4v) is 6.04. The zero-order valence-electron chi connectivity index (χ0n) is 26.5. The van der Waals surface area contributed by atoms with Crippen molar-refractivity contribution in [3.8, 4) is 22.4 Å². The second-order valence-electron chi connectivity index (χ2n) is 12.0. The van der Waals surface area contributed by atoms with Crippen LogP contribution < -0.4 is 0 Å². The molecule has 1 aromatic heterocycles. The van der Waals surface area contributed by atoms with E-state index in [0.29, 0.717) is 0 Å². The van der Waals surface area contributed by atoms with Gasteiger partial charge in [-0.25, -0.2) is 0 Å². The minimum atomic E-state index is 0. The summed E-state index contributed by atoms with van der Waals surface area (Å²) in [6.45, 7) is 15.8. The largest absolute Gasteiger partial charge is 0.339 e. The molecule has 3 aromatic carbocycles. The predicted octanol–water partition coefficient (Wildman–Crippen LogP) is 8.85. The maximum Gasteiger partial charge on any atom is 0.253 e. The lowest BCUT2D eigenvalue weighted by molar-refractivity contribution is 0.0636. The van der Waals surface area contributed by atoms with Crippen molar-refractivity contribution in [1.29, 1.82) is 0 Å². The zero-order chi connectivity index (χ0) is 29.3. The molecule has 0 unspecified atom stereocenters. The molecular weight excluding hydrogens is 573 g/mol. The van der Waals surface area contributed by atoms with Gasteiger partial charge >= 0.3 is 0 Å². The third-order valence-corrected chi connectivity index (χ3v) is 9.25. The molecule has 228 valence electrons. The highest BCUT2D eigenvalue weighted by atomic mass is 35.5. The molecule has 1 aliphatic heterocycles. The van der Waals surface area contributed by atoms with Crippen LogP contribution >= 0.6 is 24.8 Å². The summed E-state index contributed by atoms with van der Waals surface area (Å²) in [5.41, 5.74) is 14.4. The summed E-state index contributed by atoms with van der Waals surface area (Å²) in [6.07, 6.45) is 3.89. The molecule has 1 amide bonds. The Bertz CT molecular complexity index is 1540. The van der Waals surface area contributed by atoms with Crippen LogP contribution in [0.25, 0.3) is 22.4 Å². The molecule has 43 heavy (non-hydrogen) atoms. The lowest BCUT2D eigenvalue weighted by Crippen LogP contribution is -2.45. The lowest BCUT2D eigenvalue weighted by Gasteiger charge is -2.37. The second-order valence-corrected chi connectivity index (χ2v) is 12.0.